The summed E-state index contributed by atoms with van der Waals surface area (Å²) >= 11 is 0. The molecule has 170 valence electrons. The van der Waals surface area contributed by atoms with Gasteiger partial charge in [0.25, 0.3) is 0 Å². The molecule has 0 amide bonds. The third kappa shape index (κ3) is 2.67. The Morgan fingerprint density at radius 3 is 2.68 bits per heavy atom. The Bertz CT molecular complexity index is 888. The maximum Gasteiger partial charge on any atom is 0.338 e. The van der Waals surface area contributed by atoms with Crippen LogP contribution in [-0.2, 0) is 23.8 Å². The summed E-state index contributed by atoms with van der Waals surface area (Å²) in [5, 5.41) is 11.6. The van der Waals surface area contributed by atoms with Crippen LogP contribution in [0, 0.1) is 28.6 Å². The molecule has 5 rings (SSSR count). The van der Waals surface area contributed by atoms with Gasteiger partial charge in [0.2, 0.25) is 0 Å². The number of methoxy groups -OCH3 is 1. The minimum Gasteiger partial charge on any atom is -0.467 e. The minimum absolute atomic E-state index is 0.0422. The Hall–Kier alpha value is -1.50. The number of aliphatic hydroxyl groups excluding tert-OH is 1. The number of carbonyl (C=O) groups is 2. The topological polar surface area (TPSA) is 82.1 Å². The number of ketones is 1. The minimum atomic E-state index is -0.889. The third-order valence-electron chi connectivity index (χ3n) is 9.35. The van der Waals surface area contributed by atoms with E-state index in [9.17, 15) is 14.7 Å². The molecule has 31 heavy (non-hydrogen) atoms. The first kappa shape index (κ1) is 21.4. The van der Waals surface area contributed by atoms with Gasteiger partial charge in [0.05, 0.1) is 13.2 Å². The summed E-state index contributed by atoms with van der Waals surface area (Å²) in [7, 11) is 1.39. The SMILES string of the molecule is COC(=O)C1OC(C)(C)OC12CC[C@H]1[C@@H]3CCC4=CC(=O)C=C[C@]4(C)[C@H]3[C@@H](O)C[C@@]12C. The molecule has 0 aromatic carbocycles. The molecule has 1 saturated heterocycles. The molecule has 5 aliphatic rings. The Morgan fingerprint density at radius 1 is 1.23 bits per heavy atom. The molecule has 0 radical (unpaired) electrons. The van der Waals surface area contributed by atoms with E-state index in [1.165, 1.54) is 7.11 Å². The van der Waals surface area contributed by atoms with Crippen molar-refractivity contribution in [3.05, 3.63) is 23.8 Å². The van der Waals surface area contributed by atoms with Gasteiger partial charge in [-0.1, -0.05) is 25.5 Å². The molecule has 0 bridgehead atoms. The summed E-state index contributed by atoms with van der Waals surface area (Å²) < 4.78 is 17.8. The van der Waals surface area contributed by atoms with Crippen molar-refractivity contribution < 1.29 is 28.9 Å². The molecule has 4 fully saturated rings. The predicted octanol–water partition coefficient (Wildman–Crippen LogP) is 3.33. The van der Waals surface area contributed by atoms with Crippen LogP contribution < -0.4 is 0 Å². The van der Waals surface area contributed by atoms with Crippen LogP contribution in [-0.4, -0.2) is 47.6 Å². The molecule has 4 aliphatic carbocycles. The van der Waals surface area contributed by atoms with Crippen LogP contribution >= 0.6 is 0 Å². The van der Waals surface area contributed by atoms with E-state index in [-0.39, 0.29) is 17.1 Å². The second kappa shape index (κ2) is 6.52. The smallest absolute Gasteiger partial charge is 0.338 e. The number of ether oxygens (including phenoxy) is 3. The predicted molar refractivity (Wildman–Crippen MR) is 113 cm³/mol. The first-order valence-electron chi connectivity index (χ1n) is 11.6. The summed E-state index contributed by atoms with van der Waals surface area (Å²) in [6.45, 7) is 8.04. The number of allylic oxidation sites excluding steroid dienone is 4. The Kier molecular flexibility index (Phi) is 4.49. The third-order valence-corrected chi connectivity index (χ3v) is 9.35. The van der Waals surface area contributed by atoms with Crippen molar-refractivity contribution in [2.75, 3.05) is 7.11 Å². The van der Waals surface area contributed by atoms with Gasteiger partial charge in [-0.2, -0.15) is 0 Å². The van der Waals surface area contributed by atoms with Crippen molar-refractivity contribution >= 4 is 11.8 Å². The number of esters is 1. The van der Waals surface area contributed by atoms with Crippen molar-refractivity contribution in [3.63, 3.8) is 0 Å². The second-order valence-corrected chi connectivity index (χ2v) is 11.2. The summed E-state index contributed by atoms with van der Waals surface area (Å²) in [5.41, 5.74) is -0.381. The van der Waals surface area contributed by atoms with Crippen molar-refractivity contribution in [1.82, 2.24) is 0 Å². The van der Waals surface area contributed by atoms with E-state index in [0.717, 1.165) is 24.8 Å². The average Bonchev–Trinajstić information content (AvgIpc) is 3.14. The number of aliphatic hydroxyl groups is 1. The monoisotopic (exact) mass is 430 g/mol. The van der Waals surface area contributed by atoms with Gasteiger partial charge in [0, 0.05) is 16.7 Å². The van der Waals surface area contributed by atoms with Crippen LogP contribution in [0.3, 0.4) is 0 Å². The van der Waals surface area contributed by atoms with E-state index in [2.05, 4.69) is 13.8 Å². The largest absolute Gasteiger partial charge is 0.467 e. The Balaban J connectivity index is 1.56. The van der Waals surface area contributed by atoms with Gasteiger partial charge in [-0.15, -0.1) is 0 Å². The van der Waals surface area contributed by atoms with E-state index < -0.39 is 35.0 Å². The van der Waals surface area contributed by atoms with E-state index in [1.807, 2.05) is 19.9 Å². The van der Waals surface area contributed by atoms with E-state index >= 15 is 0 Å². The lowest BCUT2D eigenvalue weighted by molar-refractivity contribution is -0.210. The second-order valence-electron chi connectivity index (χ2n) is 11.2. The van der Waals surface area contributed by atoms with Gasteiger partial charge in [0.1, 0.15) is 5.60 Å². The zero-order chi connectivity index (χ0) is 22.4. The molecule has 2 unspecified atom stereocenters. The van der Waals surface area contributed by atoms with Gasteiger partial charge in [-0.25, -0.2) is 4.79 Å². The molecule has 1 spiro atoms. The summed E-state index contributed by atoms with van der Waals surface area (Å²) in [6.07, 6.45) is 8.08. The van der Waals surface area contributed by atoms with Crippen LogP contribution in [0.15, 0.2) is 23.8 Å². The molecular weight excluding hydrogens is 396 g/mol. The van der Waals surface area contributed by atoms with Crippen molar-refractivity contribution in [1.29, 1.82) is 0 Å². The van der Waals surface area contributed by atoms with Crippen LogP contribution in [0.5, 0.6) is 0 Å². The van der Waals surface area contributed by atoms with Gasteiger partial charge in [-0.3, -0.25) is 4.79 Å². The number of fused-ring (bicyclic) bond motifs is 6. The standard InChI is InChI=1S/C25H34O6/c1-22(2)30-20(21(28)29-5)25(31-22)11-9-17-16-7-6-14-12-15(26)8-10-23(14,3)19(16)18(27)13-24(17,25)4/h8,10,12,16-20,27H,6-7,9,11,13H2,1-5H3/t16-,17-,18-,19+,20?,23-,24-,25?/m0/s1. The lowest BCUT2D eigenvalue weighted by Gasteiger charge is -2.60. The highest BCUT2D eigenvalue weighted by molar-refractivity contribution is 6.01. The van der Waals surface area contributed by atoms with E-state index in [4.69, 9.17) is 14.2 Å². The van der Waals surface area contributed by atoms with Crippen molar-refractivity contribution in [3.8, 4) is 0 Å². The molecule has 0 aromatic rings. The van der Waals surface area contributed by atoms with Crippen LogP contribution in [0.2, 0.25) is 0 Å². The molecule has 0 aromatic heterocycles. The highest BCUT2D eigenvalue weighted by atomic mass is 16.8. The molecule has 3 saturated carbocycles. The molecule has 6 heteroatoms. The Morgan fingerprint density at radius 2 is 1.97 bits per heavy atom. The number of hydrogen-bond acceptors (Lipinski definition) is 6. The maximum atomic E-state index is 12.8. The van der Waals surface area contributed by atoms with Crippen molar-refractivity contribution in [2.24, 2.45) is 28.6 Å². The number of hydrogen-bond donors (Lipinski definition) is 1. The molecular formula is C25H34O6. The lowest BCUT2D eigenvalue weighted by Crippen LogP contribution is -2.62. The summed E-state index contributed by atoms with van der Waals surface area (Å²) in [6, 6.07) is 0. The molecule has 8 atom stereocenters. The fourth-order valence-electron chi connectivity index (χ4n) is 8.19. The fraction of sp³-hybridized carbons (Fsp3) is 0.760. The highest BCUT2D eigenvalue weighted by Crippen LogP contribution is 2.70. The summed E-state index contributed by atoms with van der Waals surface area (Å²) in [5.74, 6) is -0.607. The van der Waals surface area contributed by atoms with Gasteiger partial charge in [-0.05, 0) is 69.9 Å². The van der Waals surface area contributed by atoms with Gasteiger partial charge in [0.15, 0.2) is 17.7 Å². The van der Waals surface area contributed by atoms with Crippen LogP contribution in [0.1, 0.15) is 59.8 Å². The van der Waals surface area contributed by atoms with E-state index in [0.29, 0.717) is 24.7 Å². The zero-order valence-corrected chi connectivity index (χ0v) is 19.1. The zero-order valence-electron chi connectivity index (χ0n) is 19.1. The van der Waals surface area contributed by atoms with Crippen LogP contribution in [0.4, 0.5) is 0 Å². The average molecular weight is 431 g/mol. The lowest BCUT2D eigenvalue weighted by atomic mass is 9.46. The molecule has 1 N–H and O–H groups in total. The molecule has 1 heterocycles. The van der Waals surface area contributed by atoms with Gasteiger partial charge >= 0.3 is 5.97 Å². The normalized spacial score (nSPS) is 49.9. The first-order chi connectivity index (χ1) is 14.5. The van der Waals surface area contributed by atoms with Crippen LogP contribution in [0.25, 0.3) is 0 Å². The molecule has 6 nitrogen and oxygen atoms in total. The fourth-order valence-corrected chi connectivity index (χ4v) is 8.19. The van der Waals surface area contributed by atoms with Gasteiger partial charge < -0.3 is 19.3 Å². The number of rotatable bonds is 1. The Labute approximate surface area is 184 Å². The van der Waals surface area contributed by atoms with Crippen molar-refractivity contribution in [2.45, 2.75) is 83.4 Å². The number of carbonyl (C=O) groups excluding carboxylic acids is 2. The highest BCUT2D eigenvalue weighted by Gasteiger charge is 2.74. The first-order valence-corrected chi connectivity index (χ1v) is 11.6. The maximum absolute atomic E-state index is 12.8. The van der Waals surface area contributed by atoms with E-state index in [1.54, 1.807) is 12.2 Å². The summed E-state index contributed by atoms with van der Waals surface area (Å²) in [4.78, 5) is 24.8. The quantitative estimate of drug-likeness (QED) is 0.643. The molecule has 1 aliphatic heterocycles.